The van der Waals surface area contributed by atoms with E-state index < -0.39 is 27.5 Å². The highest BCUT2D eigenvalue weighted by Crippen LogP contribution is 2.38. The molecule has 5 nitrogen and oxygen atoms in total. The molecule has 4 rings (SSSR count). The second-order valence-electron chi connectivity index (χ2n) is 11.5. The van der Waals surface area contributed by atoms with Crippen molar-refractivity contribution < 1.29 is 26.4 Å². The molecule has 218 valence electrons. The minimum Gasteiger partial charge on any atom is -0.339 e. The molecular weight excluding hydrogens is 537 g/mol. The zero-order valence-electron chi connectivity index (χ0n) is 23.6. The second-order valence-corrected chi connectivity index (χ2v) is 13.5. The number of alkyl halides is 3. The van der Waals surface area contributed by atoms with E-state index in [-0.39, 0.29) is 29.7 Å². The second kappa shape index (κ2) is 12.1. The molecule has 1 aliphatic heterocycles. The number of amides is 1. The van der Waals surface area contributed by atoms with Gasteiger partial charge in [-0.25, -0.2) is 8.42 Å². The fraction of sp³-hybridized carbons (Fsp3) is 0.516. The van der Waals surface area contributed by atoms with Crippen LogP contribution in [0.15, 0.2) is 65.6 Å². The topological polar surface area (TPSA) is 57.7 Å². The normalized spacial score (nSPS) is 24.8. The molecule has 0 unspecified atom stereocenters. The van der Waals surface area contributed by atoms with Crippen LogP contribution in [0.5, 0.6) is 0 Å². The molecule has 2 aliphatic rings. The molecule has 1 aliphatic carbocycles. The number of allylic oxidation sites excluding steroid dienone is 1. The van der Waals surface area contributed by atoms with Crippen molar-refractivity contribution in [1.29, 1.82) is 0 Å². The van der Waals surface area contributed by atoms with E-state index in [1.165, 1.54) is 6.07 Å². The lowest BCUT2D eigenvalue weighted by molar-refractivity contribution is -0.137. The zero-order chi connectivity index (χ0) is 29.2. The van der Waals surface area contributed by atoms with Gasteiger partial charge in [-0.05, 0) is 94.8 Å². The van der Waals surface area contributed by atoms with E-state index in [2.05, 4.69) is 25.8 Å². The van der Waals surface area contributed by atoms with E-state index in [1.54, 1.807) is 49.4 Å². The molecule has 2 aromatic rings. The molecule has 0 bridgehead atoms. The van der Waals surface area contributed by atoms with Crippen molar-refractivity contribution >= 4 is 21.3 Å². The van der Waals surface area contributed by atoms with Crippen LogP contribution in [0.25, 0.3) is 5.57 Å². The summed E-state index contributed by atoms with van der Waals surface area (Å²) >= 11 is 0. The molecule has 0 radical (unpaired) electrons. The minimum absolute atomic E-state index is 0.0301. The number of rotatable bonds is 8. The summed E-state index contributed by atoms with van der Waals surface area (Å²) in [5.41, 5.74) is 0.338. The molecule has 0 N–H and O–H groups in total. The Bertz CT molecular complexity index is 1320. The standard InChI is InChI=1S/C31H39F3N2O3S/c1-21(2)35(4)27-13-14-29(25(19-27)20-40(38,39)28-11-6-5-7-12-28)36-16-15-24(30(36)37)17-22(3)23-9-8-10-26(18-23)31(32,33)34/h5-12,17-18,21,24-25,27,29H,13-16,19-20H2,1-4H3/b22-17+/t24-,25+,27-,29+/m1/s1. The molecule has 2 fully saturated rings. The quantitative estimate of drug-likeness (QED) is 0.370. The third kappa shape index (κ3) is 6.79. The number of carbonyl (C=O) groups excluding carboxylic acids is 1. The van der Waals surface area contributed by atoms with E-state index in [0.717, 1.165) is 18.6 Å². The van der Waals surface area contributed by atoms with E-state index >= 15 is 0 Å². The van der Waals surface area contributed by atoms with Gasteiger partial charge < -0.3 is 9.80 Å². The number of halogens is 3. The van der Waals surface area contributed by atoms with Crippen molar-refractivity contribution in [2.75, 3.05) is 19.3 Å². The molecule has 4 atom stereocenters. The van der Waals surface area contributed by atoms with Gasteiger partial charge in [-0.2, -0.15) is 13.2 Å². The van der Waals surface area contributed by atoms with Gasteiger partial charge in [0.15, 0.2) is 9.84 Å². The first kappa shape index (κ1) is 30.3. The summed E-state index contributed by atoms with van der Waals surface area (Å²) in [6.45, 7) is 6.48. The minimum atomic E-state index is -4.44. The summed E-state index contributed by atoms with van der Waals surface area (Å²) in [4.78, 5) is 18.1. The maximum absolute atomic E-state index is 13.6. The van der Waals surface area contributed by atoms with Crippen molar-refractivity contribution in [3.05, 3.63) is 71.8 Å². The SMILES string of the molecule is C/C(=C\[C@H]1CCN([C@H]2CC[C@@H](N(C)C(C)C)C[C@H]2CS(=O)(=O)c2ccccc2)C1=O)c1cccc(C(F)(F)F)c1. The number of hydrogen-bond donors (Lipinski definition) is 0. The van der Waals surface area contributed by atoms with Crippen LogP contribution < -0.4 is 0 Å². The third-order valence-electron chi connectivity index (χ3n) is 8.62. The maximum Gasteiger partial charge on any atom is 0.416 e. The number of hydrogen-bond acceptors (Lipinski definition) is 4. The van der Waals surface area contributed by atoms with E-state index in [1.807, 2.05) is 4.90 Å². The largest absolute Gasteiger partial charge is 0.416 e. The zero-order valence-corrected chi connectivity index (χ0v) is 24.4. The van der Waals surface area contributed by atoms with Crippen LogP contribution in [0.4, 0.5) is 13.2 Å². The Morgan fingerprint density at radius 3 is 2.42 bits per heavy atom. The fourth-order valence-corrected chi connectivity index (χ4v) is 7.84. The van der Waals surface area contributed by atoms with E-state index in [9.17, 15) is 26.4 Å². The molecular formula is C31H39F3N2O3S. The summed E-state index contributed by atoms with van der Waals surface area (Å²) < 4.78 is 66.5. The van der Waals surface area contributed by atoms with Gasteiger partial charge in [0.25, 0.3) is 0 Å². The predicted molar refractivity (Wildman–Crippen MR) is 151 cm³/mol. The van der Waals surface area contributed by atoms with Crippen LogP contribution >= 0.6 is 0 Å². The highest BCUT2D eigenvalue weighted by atomic mass is 32.2. The smallest absolute Gasteiger partial charge is 0.339 e. The highest BCUT2D eigenvalue weighted by molar-refractivity contribution is 7.91. The van der Waals surface area contributed by atoms with Crippen molar-refractivity contribution in [1.82, 2.24) is 9.80 Å². The first-order chi connectivity index (χ1) is 18.8. The number of likely N-dealkylation sites (tertiary alicyclic amines) is 1. The van der Waals surface area contributed by atoms with Gasteiger partial charge >= 0.3 is 6.18 Å². The molecule has 1 heterocycles. The van der Waals surface area contributed by atoms with Gasteiger partial charge in [0.2, 0.25) is 5.91 Å². The molecule has 0 spiro atoms. The third-order valence-corrected chi connectivity index (χ3v) is 10.5. The molecule has 0 aromatic heterocycles. The number of carbonyl (C=O) groups is 1. The van der Waals surface area contributed by atoms with Crippen molar-refractivity contribution in [2.24, 2.45) is 11.8 Å². The van der Waals surface area contributed by atoms with Gasteiger partial charge in [-0.1, -0.05) is 36.4 Å². The summed E-state index contributed by atoms with van der Waals surface area (Å²) in [5.74, 6) is -0.773. The molecule has 1 amide bonds. The Kier molecular flexibility index (Phi) is 9.15. The molecule has 1 saturated heterocycles. The van der Waals surface area contributed by atoms with Crippen molar-refractivity contribution in [2.45, 2.75) is 75.7 Å². The Hall–Kier alpha value is -2.65. The Morgan fingerprint density at radius 2 is 1.77 bits per heavy atom. The van der Waals surface area contributed by atoms with Crippen LogP contribution in [0.2, 0.25) is 0 Å². The van der Waals surface area contributed by atoms with Crippen LogP contribution in [-0.4, -0.2) is 61.6 Å². The first-order valence-electron chi connectivity index (χ1n) is 13.9. The monoisotopic (exact) mass is 576 g/mol. The highest BCUT2D eigenvalue weighted by Gasteiger charge is 2.43. The van der Waals surface area contributed by atoms with Gasteiger partial charge in [-0.15, -0.1) is 0 Å². The fourth-order valence-electron chi connectivity index (χ4n) is 6.16. The lowest BCUT2D eigenvalue weighted by Gasteiger charge is -2.44. The average Bonchev–Trinajstić information content (AvgIpc) is 3.27. The van der Waals surface area contributed by atoms with Gasteiger partial charge in [0, 0.05) is 24.7 Å². The summed E-state index contributed by atoms with van der Waals surface area (Å²) in [6.07, 6.45) is 0.151. The lowest BCUT2D eigenvalue weighted by Crippen LogP contribution is -2.51. The summed E-state index contributed by atoms with van der Waals surface area (Å²) in [5, 5.41) is 0. The van der Waals surface area contributed by atoms with Gasteiger partial charge in [0.1, 0.15) is 0 Å². The van der Waals surface area contributed by atoms with Crippen LogP contribution in [0.3, 0.4) is 0 Å². The Balaban J connectivity index is 1.56. The summed E-state index contributed by atoms with van der Waals surface area (Å²) in [6, 6.07) is 13.9. The Morgan fingerprint density at radius 1 is 1.07 bits per heavy atom. The van der Waals surface area contributed by atoms with E-state index in [0.29, 0.717) is 47.9 Å². The van der Waals surface area contributed by atoms with E-state index in [4.69, 9.17) is 0 Å². The number of nitrogens with zero attached hydrogens (tertiary/aromatic N) is 2. The van der Waals surface area contributed by atoms with Crippen molar-refractivity contribution in [3.63, 3.8) is 0 Å². The molecule has 2 aromatic carbocycles. The van der Waals surface area contributed by atoms with Crippen LogP contribution in [-0.2, 0) is 20.8 Å². The van der Waals surface area contributed by atoms with Crippen molar-refractivity contribution in [3.8, 4) is 0 Å². The summed E-state index contributed by atoms with van der Waals surface area (Å²) in [7, 11) is -1.49. The molecule has 40 heavy (non-hydrogen) atoms. The first-order valence-corrected chi connectivity index (χ1v) is 15.6. The van der Waals surface area contributed by atoms with Crippen LogP contribution in [0.1, 0.15) is 57.6 Å². The lowest BCUT2D eigenvalue weighted by atomic mass is 9.81. The number of benzene rings is 2. The average molecular weight is 577 g/mol. The van der Waals surface area contributed by atoms with Gasteiger partial charge in [-0.3, -0.25) is 4.79 Å². The van der Waals surface area contributed by atoms with Gasteiger partial charge in [0.05, 0.1) is 22.1 Å². The molecule has 9 heteroatoms. The van der Waals surface area contributed by atoms with Crippen LogP contribution in [0, 0.1) is 11.8 Å². The Labute approximate surface area is 236 Å². The predicted octanol–water partition coefficient (Wildman–Crippen LogP) is 6.31. The number of sulfone groups is 1. The molecule has 1 saturated carbocycles. The maximum atomic E-state index is 13.6.